The van der Waals surface area contributed by atoms with Gasteiger partial charge in [0, 0.05) is 41.5 Å². The number of halogens is 1. The van der Waals surface area contributed by atoms with Crippen LogP contribution in [0.4, 0.5) is 10.1 Å². The maximum Gasteiger partial charge on any atom is 0.228 e. The van der Waals surface area contributed by atoms with Gasteiger partial charge < -0.3 is 19.9 Å². The number of amides is 1. The summed E-state index contributed by atoms with van der Waals surface area (Å²) in [6.07, 6.45) is 6.90. The summed E-state index contributed by atoms with van der Waals surface area (Å²) in [6.45, 7) is 1.12. The fraction of sp³-hybridized carbons (Fsp3) is 0.143. The zero-order chi connectivity index (χ0) is 32.3. The SMILES string of the molecule is CN(C)CCOc1cc(F)cc(-c2nccc3[nH]c(-c4n[nH]c5cnc(-c6cncc(NC(=O)Cc7ccccc7)c6)cc45)nc23)c1. The first kappa shape index (κ1) is 29.7. The highest BCUT2D eigenvalue weighted by molar-refractivity contribution is 5.97. The molecule has 0 aliphatic carbocycles. The second-order valence-electron chi connectivity index (χ2n) is 11.3. The van der Waals surface area contributed by atoms with Crippen LogP contribution in [0.2, 0.25) is 0 Å². The molecule has 5 heterocycles. The van der Waals surface area contributed by atoms with E-state index in [-0.39, 0.29) is 12.3 Å². The number of hydrogen-bond acceptors (Lipinski definition) is 8. The van der Waals surface area contributed by atoms with Crippen LogP contribution in [-0.2, 0) is 11.2 Å². The largest absolute Gasteiger partial charge is 0.492 e. The van der Waals surface area contributed by atoms with Crippen molar-refractivity contribution in [1.29, 1.82) is 0 Å². The van der Waals surface area contributed by atoms with Gasteiger partial charge in [-0.25, -0.2) is 9.37 Å². The summed E-state index contributed by atoms with van der Waals surface area (Å²) in [4.78, 5) is 36.3. The Balaban J connectivity index is 1.18. The van der Waals surface area contributed by atoms with Crippen LogP contribution in [0.5, 0.6) is 5.75 Å². The number of nitrogens with zero attached hydrogens (tertiary/aromatic N) is 6. The van der Waals surface area contributed by atoms with E-state index in [1.807, 2.05) is 67.5 Å². The smallest absolute Gasteiger partial charge is 0.228 e. The number of hydrogen-bond donors (Lipinski definition) is 3. The third kappa shape index (κ3) is 6.53. The average molecular weight is 628 g/mol. The molecule has 0 fully saturated rings. The van der Waals surface area contributed by atoms with Gasteiger partial charge in [-0.15, -0.1) is 0 Å². The number of carbonyl (C=O) groups excluding carboxylic acids is 1. The Morgan fingerprint density at radius 2 is 1.81 bits per heavy atom. The Morgan fingerprint density at radius 1 is 0.936 bits per heavy atom. The summed E-state index contributed by atoms with van der Waals surface area (Å²) in [5, 5.41) is 11.3. The first-order chi connectivity index (χ1) is 22.9. The van der Waals surface area contributed by atoms with Crippen LogP contribution < -0.4 is 10.1 Å². The van der Waals surface area contributed by atoms with E-state index in [0.29, 0.717) is 64.1 Å². The van der Waals surface area contributed by atoms with Gasteiger partial charge in [-0.05, 0) is 50.0 Å². The molecule has 0 saturated heterocycles. The third-order valence-electron chi connectivity index (χ3n) is 7.55. The van der Waals surface area contributed by atoms with Crippen molar-refractivity contribution in [2.75, 3.05) is 32.6 Å². The van der Waals surface area contributed by atoms with E-state index in [0.717, 1.165) is 22.0 Å². The summed E-state index contributed by atoms with van der Waals surface area (Å²) in [6, 6.07) is 19.6. The lowest BCUT2D eigenvalue weighted by Crippen LogP contribution is -2.19. The molecule has 0 atom stereocenters. The molecule has 7 aromatic rings. The zero-order valence-electron chi connectivity index (χ0n) is 25.7. The zero-order valence-corrected chi connectivity index (χ0v) is 25.7. The van der Waals surface area contributed by atoms with E-state index < -0.39 is 5.82 Å². The van der Waals surface area contributed by atoms with Gasteiger partial charge in [0.2, 0.25) is 5.91 Å². The molecule has 11 nitrogen and oxygen atoms in total. The number of H-pyrrole nitrogens is 2. The molecule has 0 spiro atoms. The number of likely N-dealkylation sites (N-methyl/N-ethyl adjacent to an activating group) is 1. The highest BCUT2D eigenvalue weighted by atomic mass is 19.1. The molecule has 47 heavy (non-hydrogen) atoms. The number of ether oxygens (including phenoxy) is 1. The van der Waals surface area contributed by atoms with Crippen LogP contribution in [0, 0.1) is 5.82 Å². The molecular formula is C35H30FN9O2. The third-order valence-corrected chi connectivity index (χ3v) is 7.55. The predicted octanol–water partition coefficient (Wildman–Crippen LogP) is 5.89. The van der Waals surface area contributed by atoms with E-state index in [2.05, 4.69) is 35.5 Å². The van der Waals surface area contributed by atoms with Crippen LogP contribution in [-0.4, -0.2) is 73.2 Å². The molecule has 5 aromatic heterocycles. The number of imidazole rings is 1. The molecular weight excluding hydrogens is 597 g/mol. The minimum atomic E-state index is -0.426. The lowest BCUT2D eigenvalue weighted by atomic mass is 10.1. The van der Waals surface area contributed by atoms with Gasteiger partial charge in [0.05, 0.1) is 46.9 Å². The molecule has 3 N–H and O–H groups in total. The summed E-state index contributed by atoms with van der Waals surface area (Å²) in [5.74, 6) is 0.367. The van der Waals surface area contributed by atoms with E-state index >= 15 is 0 Å². The molecule has 0 aliphatic heterocycles. The molecule has 0 aliphatic rings. The number of pyridine rings is 3. The Hall–Kier alpha value is -6.01. The van der Waals surface area contributed by atoms with Crippen molar-refractivity contribution in [1.82, 2.24) is 40.0 Å². The molecule has 2 aromatic carbocycles. The van der Waals surface area contributed by atoms with E-state index in [1.54, 1.807) is 30.9 Å². The number of fused-ring (bicyclic) bond motifs is 2. The molecule has 12 heteroatoms. The van der Waals surface area contributed by atoms with E-state index in [4.69, 9.17) is 9.72 Å². The first-order valence-corrected chi connectivity index (χ1v) is 15.0. The van der Waals surface area contributed by atoms with Crippen molar-refractivity contribution in [3.63, 3.8) is 0 Å². The van der Waals surface area contributed by atoms with Gasteiger partial charge in [-0.1, -0.05) is 30.3 Å². The lowest BCUT2D eigenvalue weighted by Gasteiger charge is -2.12. The number of aromatic amines is 2. The van der Waals surface area contributed by atoms with Crippen molar-refractivity contribution in [3.8, 4) is 39.8 Å². The van der Waals surface area contributed by atoms with E-state index in [9.17, 15) is 9.18 Å². The second kappa shape index (κ2) is 12.8. The number of nitrogens with one attached hydrogen (secondary N) is 3. The maximum absolute atomic E-state index is 14.7. The maximum atomic E-state index is 14.7. The first-order valence-electron chi connectivity index (χ1n) is 15.0. The van der Waals surface area contributed by atoms with Gasteiger partial charge in [0.25, 0.3) is 0 Å². The Kier molecular flexibility index (Phi) is 8.07. The summed E-state index contributed by atoms with van der Waals surface area (Å²) in [5.41, 5.74) is 6.51. The number of carbonyl (C=O) groups is 1. The van der Waals surface area contributed by atoms with Crippen LogP contribution in [0.15, 0.2) is 91.5 Å². The Labute approximate surface area is 268 Å². The molecule has 0 radical (unpaired) electrons. The highest BCUT2D eigenvalue weighted by Crippen LogP contribution is 2.33. The van der Waals surface area contributed by atoms with Crippen LogP contribution in [0.3, 0.4) is 0 Å². The Morgan fingerprint density at radius 3 is 2.66 bits per heavy atom. The summed E-state index contributed by atoms with van der Waals surface area (Å²) >= 11 is 0. The van der Waals surface area contributed by atoms with Gasteiger partial charge in [-0.2, -0.15) is 5.10 Å². The number of anilines is 1. The van der Waals surface area contributed by atoms with E-state index in [1.165, 1.54) is 12.1 Å². The van der Waals surface area contributed by atoms with Crippen LogP contribution >= 0.6 is 0 Å². The molecule has 7 rings (SSSR count). The quantitative estimate of drug-likeness (QED) is 0.171. The molecule has 0 bridgehead atoms. The average Bonchev–Trinajstić information content (AvgIpc) is 3.69. The van der Waals surface area contributed by atoms with Crippen molar-refractivity contribution in [3.05, 3.63) is 103 Å². The van der Waals surface area contributed by atoms with Crippen molar-refractivity contribution in [2.45, 2.75) is 6.42 Å². The minimum Gasteiger partial charge on any atom is -0.492 e. The standard InChI is InChI=1S/C35H30FN9O2/c1-45(2)10-11-47-26-15-22(13-24(36)16-26)32-34-28(8-9-38-32)41-35(42-34)33-27-17-29(39-20-30(27)43-44-33)23-14-25(19-37-18-23)40-31(46)12-21-6-4-3-5-7-21/h3-9,13-20H,10-12H2,1-2H3,(H,40,46)(H,41,42)(H,43,44). The molecule has 234 valence electrons. The molecule has 0 saturated carbocycles. The summed E-state index contributed by atoms with van der Waals surface area (Å²) < 4.78 is 20.5. The minimum absolute atomic E-state index is 0.138. The monoisotopic (exact) mass is 627 g/mol. The highest BCUT2D eigenvalue weighted by Gasteiger charge is 2.18. The Bertz CT molecular complexity index is 2210. The fourth-order valence-electron chi connectivity index (χ4n) is 5.28. The second-order valence-corrected chi connectivity index (χ2v) is 11.3. The van der Waals surface area contributed by atoms with Gasteiger partial charge in [0.1, 0.15) is 29.4 Å². The molecule has 1 amide bonds. The molecule has 0 unspecified atom stereocenters. The number of rotatable bonds is 10. The van der Waals surface area contributed by atoms with Crippen LogP contribution in [0.1, 0.15) is 5.56 Å². The van der Waals surface area contributed by atoms with Gasteiger partial charge >= 0.3 is 0 Å². The topological polar surface area (TPSA) is 138 Å². The van der Waals surface area contributed by atoms with Gasteiger partial charge in [0.15, 0.2) is 5.82 Å². The normalized spacial score (nSPS) is 11.4. The lowest BCUT2D eigenvalue weighted by molar-refractivity contribution is -0.115. The van der Waals surface area contributed by atoms with Crippen molar-refractivity contribution < 1.29 is 13.9 Å². The van der Waals surface area contributed by atoms with Gasteiger partial charge in [-0.3, -0.25) is 24.8 Å². The number of aromatic nitrogens is 7. The van der Waals surface area contributed by atoms with Crippen LogP contribution in [0.25, 0.3) is 56.0 Å². The fourth-order valence-corrected chi connectivity index (χ4v) is 5.28. The number of benzene rings is 2. The van der Waals surface area contributed by atoms with Crippen molar-refractivity contribution in [2.24, 2.45) is 0 Å². The van der Waals surface area contributed by atoms with Crippen molar-refractivity contribution >= 4 is 33.5 Å². The summed E-state index contributed by atoms with van der Waals surface area (Å²) in [7, 11) is 3.90. The predicted molar refractivity (Wildman–Crippen MR) is 178 cm³/mol.